The lowest BCUT2D eigenvalue weighted by Gasteiger charge is -2.00. The summed E-state index contributed by atoms with van der Waals surface area (Å²) in [6.07, 6.45) is 3.48. The Labute approximate surface area is 150 Å². The first kappa shape index (κ1) is 19.0. The number of nitrogens with zero attached hydrogens (tertiary/aromatic N) is 1. The van der Waals surface area contributed by atoms with Crippen LogP contribution in [0, 0.1) is 0 Å². The van der Waals surface area contributed by atoms with Crippen molar-refractivity contribution in [2.45, 2.75) is 43.5 Å². The average molecular weight is 395 g/mol. The van der Waals surface area contributed by atoms with E-state index in [1.165, 1.54) is 9.04 Å². The summed E-state index contributed by atoms with van der Waals surface area (Å²) < 4.78 is 34.9. The molecule has 0 fully saturated rings. The number of halogens is 1. The molecule has 0 saturated heterocycles. The molecule has 4 nitrogen and oxygen atoms in total. The van der Waals surface area contributed by atoms with E-state index < -0.39 is 10.1 Å². The van der Waals surface area contributed by atoms with Crippen molar-refractivity contribution in [1.29, 1.82) is 0 Å². The second-order valence-corrected chi connectivity index (χ2v) is 9.71. The highest BCUT2D eigenvalue weighted by Crippen LogP contribution is 2.30. The van der Waals surface area contributed by atoms with Crippen LogP contribution in [0.5, 0.6) is 0 Å². The molecule has 128 valence electrons. The normalized spacial score (nSPS) is 12.1. The Balaban J connectivity index is 2.06. The first-order chi connectivity index (χ1) is 10.9. The molecule has 0 aliphatic rings. The van der Waals surface area contributed by atoms with Gasteiger partial charge in [-0.25, -0.2) is 0 Å². The summed E-state index contributed by atoms with van der Waals surface area (Å²) in [6, 6.07) is 5.96. The van der Waals surface area contributed by atoms with Gasteiger partial charge in [0.2, 0.25) is 5.52 Å². The number of thioether (sulfide) groups is 1. The van der Waals surface area contributed by atoms with Crippen LogP contribution in [-0.4, -0.2) is 24.5 Å². The van der Waals surface area contributed by atoms with Gasteiger partial charge in [-0.1, -0.05) is 36.3 Å². The van der Waals surface area contributed by atoms with Gasteiger partial charge in [0, 0.05) is 23.3 Å². The molecular weight excluding hydrogens is 374 g/mol. The number of unbranched alkanes of at least 4 members (excludes halogenated alkanes) is 2. The summed E-state index contributed by atoms with van der Waals surface area (Å²) in [5, 5.41) is 0.741. The van der Waals surface area contributed by atoms with Crippen molar-refractivity contribution in [3.8, 4) is 0 Å². The monoisotopic (exact) mass is 394 g/mol. The molecule has 23 heavy (non-hydrogen) atoms. The van der Waals surface area contributed by atoms with Gasteiger partial charge >= 0.3 is 0 Å². The highest BCUT2D eigenvalue weighted by molar-refractivity contribution is 8.01. The second kappa shape index (κ2) is 8.67. The summed E-state index contributed by atoms with van der Waals surface area (Å²) in [6.45, 7) is 3.13. The molecular formula is C15H21ClNO3S3+. The van der Waals surface area contributed by atoms with Gasteiger partial charge < -0.3 is 0 Å². The minimum atomic E-state index is -3.84. The number of aromatic nitrogens is 1. The van der Waals surface area contributed by atoms with Crippen LogP contribution in [0.25, 0.3) is 10.2 Å². The van der Waals surface area contributed by atoms with Crippen molar-refractivity contribution in [1.82, 2.24) is 0 Å². The fraction of sp³-hybridized carbons (Fsp3) is 0.533. The van der Waals surface area contributed by atoms with Crippen LogP contribution in [0.3, 0.4) is 0 Å². The summed E-state index contributed by atoms with van der Waals surface area (Å²) >= 11 is 9.61. The predicted molar refractivity (Wildman–Crippen MR) is 98.3 cm³/mol. The van der Waals surface area contributed by atoms with E-state index in [4.69, 9.17) is 16.2 Å². The highest BCUT2D eigenvalue weighted by atomic mass is 35.5. The van der Waals surface area contributed by atoms with Crippen molar-refractivity contribution >= 4 is 55.0 Å². The first-order valence-corrected chi connectivity index (χ1v) is 11.4. The van der Waals surface area contributed by atoms with E-state index >= 15 is 0 Å². The molecule has 0 spiro atoms. The van der Waals surface area contributed by atoms with Gasteiger partial charge in [-0.05, 0) is 36.7 Å². The van der Waals surface area contributed by atoms with E-state index in [1.54, 1.807) is 23.1 Å². The number of rotatable bonds is 9. The third-order valence-electron chi connectivity index (χ3n) is 3.39. The molecule has 0 atom stereocenters. The maximum atomic E-state index is 10.7. The third-order valence-corrected chi connectivity index (χ3v) is 6.95. The van der Waals surface area contributed by atoms with E-state index in [1.807, 2.05) is 18.2 Å². The number of fused-ring (bicyclic) bond motifs is 1. The van der Waals surface area contributed by atoms with Crippen molar-refractivity contribution in [2.75, 3.05) is 11.5 Å². The zero-order chi connectivity index (χ0) is 16.9. The second-order valence-electron chi connectivity index (χ2n) is 5.33. The third kappa shape index (κ3) is 5.90. The van der Waals surface area contributed by atoms with Crippen LogP contribution in [0.2, 0.25) is 5.02 Å². The quantitative estimate of drug-likeness (QED) is 0.296. The van der Waals surface area contributed by atoms with Gasteiger partial charge in [0.1, 0.15) is 4.70 Å². The molecule has 1 aromatic carbocycles. The molecule has 2 rings (SSSR count). The molecule has 0 aliphatic carbocycles. The smallest absolute Gasteiger partial charge is 0.286 e. The Morgan fingerprint density at radius 3 is 2.78 bits per heavy atom. The Morgan fingerprint density at radius 2 is 2.09 bits per heavy atom. The average Bonchev–Trinajstić information content (AvgIpc) is 2.80. The molecule has 1 N–H and O–H groups in total. The van der Waals surface area contributed by atoms with E-state index in [0.717, 1.165) is 42.1 Å². The van der Waals surface area contributed by atoms with Crippen LogP contribution in [0.4, 0.5) is 0 Å². The number of thiazole rings is 1. The molecule has 1 heterocycles. The van der Waals surface area contributed by atoms with E-state index in [9.17, 15) is 8.42 Å². The van der Waals surface area contributed by atoms with Gasteiger partial charge in [-0.15, -0.1) is 0 Å². The van der Waals surface area contributed by atoms with Crippen LogP contribution in [-0.2, 0) is 16.7 Å². The summed E-state index contributed by atoms with van der Waals surface area (Å²) in [5.41, 5.74) is 1.16. The van der Waals surface area contributed by atoms with E-state index in [0.29, 0.717) is 6.42 Å². The lowest BCUT2D eigenvalue weighted by molar-refractivity contribution is -0.702. The van der Waals surface area contributed by atoms with Gasteiger partial charge in [0.05, 0.1) is 5.75 Å². The maximum Gasteiger partial charge on any atom is 0.298 e. The fourth-order valence-corrected chi connectivity index (χ4v) is 5.47. The molecule has 0 saturated carbocycles. The minimum Gasteiger partial charge on any atom is -0.286 e. The molecule has 0 amide bonds. The zero-order valence-corrected chi connectivity index (χ0v) is 16.2. The van der Waals surface area contributed by atoms with Gasteiger partial charge in [0.15, 0.2) is 6.54 Å². The first-order valence-electron chi connectivity index (χ1n) is 7.60. The molecule has 1 aromatic heterocycles. The predicted octanol–water partition coefficient (Wildman–Crippen LogP) is 4.40. The molecule has 0 aliphatic heterocycles. The topological polar surface area (TPSA) is 58.2 Å². The Hall–Kier alpha value is -0.340. The Morgan fingerprint density at radius 1 is 1.30 bits per heavy atom. The van der Waals surface area contributed by atoms with Crippen LogP contribution >= 0.6 is 34.7 Å². The number of hydrogen-bond donors (Lipinski definition) is 1. The zero-order valence-electron chi connectivity index (χ0n) is 13.0. The van der Waals surface area contributed by atoms with Crippen molar-refractivity contribution in [2.24, 2.45) is 0 Å². The van der Waals surface area contributed by atoms with Crippen molar-refractivity contribution < 1.29 is 17.5 Å². The highest BCUT2D eigenvalue weighted by Gasteiger charge is 2.20. The van der Waals surface area contributed by atoms with Gasteiger partial charge in [0.25, 0.3) is 14.5 Å². The summed E-state index contributed by atoms with van der Waals surface area (Å²) in [7, 11) is -3.84. The minimum absolute atomic E-state index is 0.161. The number of aryl methyl sites for hydroxylation is 1. The van der Waals surface area contributed by atoms with Crippen molar-refractivity contribution in [3.63, 3.8) is 0 Å². The lowest BCUT2D eigenvalue weighted by Crippen LogP contribution is -2.34. The molecule has 8 heteroatoms. The molecule has 2 aromatic rings. The van der Waals surface area contributed by atoms with Crippen LogP contribution in [0.1, 0.15) is 32.6 Å². The van der Waals surface area contributed by atoms with E-state index in [-0.39, 0.29) is 5.75 Å². The van der Waals surface area contributed by atoms with E-state index in [2.05, 4.69) is 11.5 Å². The Kier molecular flexibility index (Phi) is 7.16. The fourth-order valence-electron chi connectivity index (χ4n) is 2.22. The van der Waals surface area contributed by atoms with Gasteiger partial charge in [-0.2, -0.15) is 13.0 Å². The SMILES string of the molecule is CCCC[n+]1c(SCCCCS(=O)(=O)O)sc2ccc(Cl)cc21. The largest absolute Gasteiger partial charge is 0.298 e. The summed E-state index contributed by atoms with van der Waals surface area (Å²) in [4.78, 5) is 0. The van der Waals surface area contributed by atoms with Crippen molar-refractivity contribution in [3.05, 3.63) is 23.2 Å². The molecule has 0 unspecified atom stereocenters. The maximum absolute atomic E-state index is 10.7. The summed E-state index contributed by atoms with van der Waals surface area (Å²) in [5.74, 6) is 0.674. The standard InChI is InChI=1S/C15H20ClNO3S3/c1-2-3-8-17-13-11-12(16)6-7-14(13)22-15(17)21-9-4-5-10-23(18,19)20/h6-7,11H,2-5,8-10H2,1H3/p+1. The van der Waals surface area contributed by atoms with Crippen LogP contribution in [0.15, 0.2) is 22.5 Å². The Bertz CT molecular complexity index is 759. The molecule has 0 radical (unpaired) electrons. The number of benzene rings is 1. The lowest BCUT2D eigenvalue weighted by atomic mass is 10.3. The number of hydrogen-bond acceptors (Lipinski definition) is 4. The van der Waals surface area contributed by atoms with Gasteiger partial charge in [-0.3, -0.25) is 4.55 Å². The van der Waals surface area contributed by atoms with Crippen LogP contribution < -0.4 is 4.57 Å². The molecule has 0 bridgehead atoms.